The summed E-state index contributed by atoms with van der Waals surface area (Å²) < 4.78 is 5.61. The number of benzene rings is 1. The molecule has 0 radical (unpaired) electrons. The maximum Gasteiger partial charge on any atom is 0.119 e. The largest absolute Gasteiger partial charge is 0.494 e. The lowest BCUT2D eigenvalue weighted by atomic mass is 9.88. The van der Waals surface area contributed by atoms with E-state index in [9.17, 15) is 0 Å². The van der Waals surface area contributed by atoms with Crippen LogP contribution in [0.4, 0.5) is 0 Å². The van der Waals surface area contributed by atoms with Gasteiger partial charge < -0.3 is 10.5 Å². The summed E-state index contributed by atoms with van der Waals surface area (Å²) in [5, 5.41) is 0. The molecule has 0 aromatic heterocycles. The number of hydrogen-bond donors (Lipinski definition) is 1. The van der Waals surface area contributed by atoms with Crippen LogP contribution in [0, 0.1) is 0 Å². The minimum atomic E-state index is 0.207. The Kier molecular flexibility index (Phi) is 3.27. The summed E-state index contributed by atoms with van der Waals surface area (Å²) in [5.41, 5.74) is 8.78. The van der Waals surface area contributed by atoms with Crippen LogP contribution in [0.15, 0.2) is 18.2 Å². The first kappa shape index (κ1) is 10.5. The number of ether oxygens (including phenoxy) is 1. The quantitative estimate of drug-likeness (QED) is 0.823. The van der Waals surface area contributed by atoms with Crippen LogP contribution in [0.25, 0.3) is 0 Å². The van der Waals surface area contributed by atoms with Gasteiger partial charge in [0.1, 0.15) is 5.75 Å². The summed E-state index contributed by atoms with van der Waals surface area (Å²) in [4.78, 5) is 0. The van der Waals surface area contributed by atoms with Gasteiger partial charge in [0.25, 0.3) is 0 Å². The first-order valence-electron chi connectivity index (χ1n) is 5.82. The third-order valence-corrected chi connectivity index (χ3v) is 2.95. The molecule has 1 aliphatic rings. The van der Waals surface area contributed by atoms with Crippen LogP contribution in [-0.2, 0) is 6.42 Å². The Bertz CT molecular complexity index is 335. The summed E-state index contributed by atoms with van der Waals surface area (Å²) >= 11 is 0. The molecule has 1 aromatic carbocycles. The van der Waals surface area contributed by atoms with Crippen molar-refractivity contribution in [3.63, 3.8) is 0 Å². The van der Waals surface area contributed by atoms with Crippen LogP contribution in [0.5, 0.6) is 5.75 Å². The average Bonchev–Trinajstić information content (AvgIpc) is 2.27. The Morgan fingerprint density at radius 3 is 3.13 bits per heavy atom. The lowest BCUT2D eigenvalue weighted by Gasteiger charge is -2.22. The first-order chi connectivity index (χ1) is 7.31. The first-order valence-corrected chi connectivity index (χ1v) is 5.82. The minimum Gasteiger partial charge on any atom is -0.494 e. The fourth-order valence-electron chi connectivity index (χ4n) is 2.12. The normalized spacial score (nSPS) is 19.7. The molecule has 2 N–H and O–H groups in total. The van der Waals surface area contributed by atoms with Crippen molar-refractivity contribution in [2.75, 3.05) is 6.61 Å². The molecule has 0 aliphatic heterocycles. The van der Waals surface area contributed by atoms with Crippen molar-refractivity contribution in [3.8, 4) is 5.75 Å². The Hall–Kier alpha value is -1.02. The lowest BCUT2D eigenvalue weighted by molar-refractivity contribution is 0.316. The highest BCUT2D eigenvalue weighted by molar-refractivity contribution is 5.39. The van der Waals surface area contributed by atoms with Crippen LogP contribution in [-0.4, -0.2) is 6.61 Å². The van der Waals surface area contributed by atoms with E-state index in [1.807, 2.05) is 0 Å². The van der Waals surface area contributed by atoms with Gasteiger partial charge in [-0.05, 0) is 48.9 Å². The van der Waals surface area contributed by atoms with Crippen molar-refractivity contribution < 1.29 is 4.74 Å². The Balaban J connectivity index is 2.19. The fraction of sp³-hybridized carbons (Fsp3) is 0.538. The molecule has 2 nitrogen and oxygen atoms in total. The van der Waals surface area contributed by atoms with Crippen LogP contribution in [0.1, 0.15) is 43.4 Å². The standard InChI is InChI=1S/C13H19NO/c1-2-8-15-11-7-6-10-4-3-5-13(14)12(10)9-11/h6-7,9,13H,2-5,8,14H2,1H3/t13-/m1/s1. The number of aryl methyl sites for hydroxylation is 1. The predicted molar refractivity (Wildman–Crippen MR) is 62.1 cm³/mol. The van der Waals surface area contributed by atoms with E-state index in [1.54, 1.807) is 0 Å². The van der Waals surface area contributed by atoms with Gasteiger partial charge in [0.2, 0.25) is 0 Å². The van der Waals surface area contributed by atoms with Crippen molar-refractivity contribution in [1.82, 2.24) is 0 Å². The molecule has 0 saturated carbocycles. The van der Waals surface area contributed by atoms with Crippen LogP contribution >= 0.6 is 0 Å². The molecule has 0 fully saturated rings. The van der Waals surface area contributed by atoms with Gasteiger partial charge in [-0.15, -0.1) is 0 Å². The molecule has 1 aromatic rings. The van der Waals surface area contributed by atoms with E-state index in [0.29, 0.717) is 0 Å². The molecular formula is C13H19NO. The molecular weight excluding hydrogens is 186 g/mol. The SMILES string of the molecule is CCCOc1ccc2c(c1)[C@H](N)CCC2. The second kappa shape index (κ2) is 4.67. The van der Waals surface area contributed by atoms with E-state index < -0.39 is 0 Å². The van der Waals surface area contributed by atoms with E-state index in [2.05, 4.69) is 25.1 Å². The van der Waals surface area contributed by atoms with E-state index in [1.165, 1.54) is 17.5 Å². The van der Waals surface area contributed by atoms with Crippen molar-refractivity contribution in [2.45, 2.75) is 38.6 Å². The summed E-state index contributed by atoms with van der Waals surface area (Å²) in [6.45, 7) is 2.90. The molecule has 0 unspecified atom stereocenters. The van der Waals surface area contributed by atoms with Gasteiger partial charge in [0.15, 0.2) is 0 Å². The molecule has 0 saturated heterocycles. The zero-order valence-electron chi connectivity index (χ0n) is 9.33. The van der Waals surface area contributed by atoms with Crippen LogP contribution < -0.4 is 10.5 Å². The Morgan fingerprint density at radius 2 is 2.33 bits per heavy atom. The smallest absolute Gasteiger partial charge is 0.119 e. The van der Waals surface area contributed by atoms with Gasteiger partial charge in [-0.2, -0.15) is 0 Å². The average molecular weight is 205 g/mol. The zero-order valence-corrected chi connectivity index (χ0v) is 9.33. The molecule has 15 heavy (non-hydrogen) atoms. The predicted octanol–water partition coefficient (Wildman–Crippen LogP) is 2.81. The highest BCUT2D eigenvalue weighted by atomic mass is 16.5. The Labute approximate surface area is 91.4 Å². The van der Waals surface area contributed by atoms with Gasteiger partial charge in [0.05, 0.1) is 6.61 Å². The molecule has 2 rings (SSSR count). The maximum absolute atomic E-state index is 6.09. The summed E-state index contributed by atoms with van der Waals surface area (Å²) in [6.07, 6.45) is 4.52. The fourth-order valence-corrected chi connectivity index (χ4v) is 2.12. The van der Waals surface area contributed by atoms with Gasteiger partial charge >= 0.3 is 0 Å². The minimum absolute atomic E-state index is 0.207. The molecule has 0 heterocycles. The van der Waals surface area contributed by atoms with Gasteiger partial charge in [-0.3, -0.25) is 0 Å². The van der Waals surface area contributed by atoms with Crippen molar-refractivity contribution in [3.05, 3.63) is 29.3 Å². The molecule has 0 amide bonds. The Morgan fingerprint density at radius 1 is 1.47 bits per heavy atom. The van der Waals surface area contributed by atoms with Crippen molar-refractivity contribution in [2.24, 2.45) is 5.73 Å². The van der Waals surface area contributed by atoms with Crippen LogP contribution in [0.3, 0.4) is 0 Å². The number of rotatable bonds is 3. The van der Waals surface area contributed by atoms with Crippen molar-refractivity contribution in [1.29, 1.82) is 0 Å². The van der Waals surface area contributed by atoms with Crippen LogP contribution in [0.2, 0.25) is 0 Å². The highest BCUT2D eigenvalue weighted by Gasteiger charge is 2.16. The molecule has 1 atom stereocenters. The summed E-state index contributed by atoms with van der Waals surface area (Å²) in [7, 11) is 0. The number of fused-ring (bicyclic) bond motifs is 1. The van der Waals surface area contributed by atoms with E-state index in [-0.39, 0.29) is 6.04 Å². The third-order valence-electron chi connectivity index (χ3n) is 2.95. The van der Waals surface area contributed by atoms with Crippen molar-refractivity contribution >= 4 is 0 Å². The zero-order chi connectivity index (χ0) is 10.7. The molecule has 1 aliphatic carbocycles. The summed E-state index contributed by atoms with van der Waals surface area (Å²) in [6, 6.07) is 6.56. The monoisotopic (exact) mass is 205 g/mol. The third kappa shape index (κ3) is 2.32. The van der Waals surface area contributed by atoms with Gasteiger partial charge in [-0.1, -0.05) is 13.0 Å². The van der Waals surface area contributed by atoms with E-state index in [0.717, 1.165) is 31.6 Å². The molecule has 0 spiro atoms. The van der Waals surface area contributed by atoms with E-state index >= 15 is 0 Å². The van der Waals surface area contributed by atoms with Gasteiger partial charge in [0, 0.05) is 6.04 Å². The molecule has 2 heteroatoms. The topological polar surface area (TPSA) is 35.2 Å². The lowest BCUT2D eigenvalue weighted by Crippen LogP contribution is -2.17. The molecule has 82 valence electrons. The summed E-state index contributed by atoms with van der Waals surface area (Å²) in [5.74, 6) is 0.966. The van der Waals surface area contributed by atoms with Gasteiger partial charge in [-0.25, -0.2) is 0 Å². The number of nitrogens with two attached hydrogens (primary N) is 1. The van der Waals surface area contributed by atoms with E-state index in [4.69, 9.17) is 10.5 Å². The number of hydrogen-bond acceptors (Lipinski definition) is 2. The molecule has 0 bridgehead atoms. The maximum atomic E-state index is 6.09. The second-order valence-electron chi connectivity index (χ2n) is 4.21. The highest BCUT2D eigenvalue weighted by Crippen LogP contribution is 2.30. The second-order valence-corrected chi connectivity index (χ2v) is 4.21.